The van der Waals surface area contributed by atoms with E-state index in [1.54, 1.807) is 6.08 Å². The second-order valence-electron chi connectivity index (χ2n) is 6.87. The molecule has 5 nitrogen and oxygen atoms in total. The molecule has 0 radical (unpaired) electrons. The van der Waals surface area contributed by atoms with Crippen molar-refractivity contribution in [3.8, 4) is 0 Å². The molecule has 2 rings (SSSR count). The minimum atomic E-state index is -4.11. The van der Waals surface area contributed by atoms with Crippen molar-refractivity contribution in [1.29, 1.82) is 0 Å². The molecule has 0 bridgehead atoms. The van der Waals surface area contributed by atoms with Crippen molar-refractivity contribution in [3.05, 3.63) is 40.9 Å². The molecule has 148 valence electrons. The van der Waals surface area contributed by atoms with Crippen molar-refractivity contribution in [2.75, 3.05) is 0 Å². The van der Waals surface area contributed by atoms with Crippen LogP contribution in [0.15, 0.2) is 46.0 Å². The first-order chi connectivity index (χ1) is 12.4. The minimum absolute atomic E-state index is 0.0473. The molecule has 0 fully saturated rings. The standard InChI is InChI=1S/C18H20Br2ClNO4S/c1-10(2)14-9-15(16(19)18(20,11(3)4)17(14)23)22-26-27(24,25)13-7-5-12(21)6-8-13/h5-11,16H,1-4H3/b22-15+. The van der Waals surface area contributed by atoms with Gasteiger partial charge in [-0.25, -0.2) is 0 Å². The number of allylic oxidation sites excluding steroid dienone is 2. The van der Waals surface area contributed by atoms with Gasteiger partial charge in [-0.2, -0.15) is 8.42 Å². The summed E-state index contributed by atoms with van der Waals surface area (Å²) in [4.78, 5) is 12.4. The van der Waals surface area contributed by atoms with Crippen molar-refractivity contribution in [3.63, 3.8) is 0 Å². The first-order valence-electron chi connectivity index (χ1n) is 8.27. The molecule has 0 saturated carbocycles. The molecule has 1 aliphatic rings. The molecule has 0 saturated heterocycles. The maximum Gasteiger partial charge on any atom is 0.358 e. The zero-order valence-corrected chi connectivity index (χ0v) is 20.0. The first-order valence-corrected chi connectivity index (χ1v) is 11.8. The van der Waals surface area contributed by atoms with Crippen LogP contribution in [0.1, 0.15) is 27.7 Å². The highest BCUT2D eigenvalue weighted by Gasteiger charge is 2.51. The van der Waals surface area contributed by atoms with Gasteiger partial charge in [0.25, 0.3) is 0 Å². The molecule has 0 spiro atoms. The number of benzene rings is 1. The Kier molecular flexibility index (Phi) is 6.98. The fourth-order valence-corrected chi connectivity index (χ4v) is 4.92. The number of carbonyl (C=O) groups is 1. The Bertz CT molecular complexity index is 894. The number of hydrogen-bond donors (Lipinski definition) is 0. The summed E-state index contributed by atoms with van der Waals surface area (Å²) in [5, 5.41) is 4.28. The van der Waals surface area contributed by atoms with E-state index in [2.05, 4.69) is 37.0 Å². The number of carbonyl (C=O) groups excluding carboxylic acids is 1. The minimum Gasteiger partial charge on any atom is -0.293 e. The number of alkyl halides is 2. The lowest BCUT2D eigenvalue weighted by molar-refractivity contribution is -0.118. The van der Waals surface area contributed by atoms with Crippen molar-refractivity contribution in [2.24, 2.45) is 17.0 Å². The molecule has 1 aromatic rings. The van der Waals surface area contributed by atoms with E-state index in [9.17, 15) is 13.2 Å². The van der Waals surface area contributed by atoms with Crippen molar-refractivity contribution < 1.29 is 17.5 Å². The molecule has 0 N–H and O–H groups in total. The number of halogens is 3. The lowest BCUT2D eigenvalue weighted by atomic mass is 9.76. The van der Waals surface area contributed by atoms with Gasteiger partial charge in [0.05, 0.1) is 10.5 Å². The van der Waals surface area contributed by atoms with Gasteiger partial charge in [0, 0.05) is 10.6 Å². The van der Waals surface area contributed by atoms with Gasteiger partial charge in [-0.05, 0) is 42.2 Å². The molecule has 9 heteroatoms. The second-order valence-corrected chi connectivity index (χ2v) is 11.1. The number of ketones is 1. The third kappa shape index (κ3) is 4.49. The maximum absolute atomic E-state index is 13.0. The summed E-state index contributed by atoms with van der Waals surface area (Å²) in [5.41, 5.74) is 0.879. The molecular formula is C18H20Br2ClNO4S. The van der Waals surface area contributed by atoms with Crippen LogP contribution in [0.25, 0.3) is 0 Å². The monoisotopic (exact) mass is 539 g/mol. The Morgan fingerprint density at radius 2 is 1.74 bits per heavy atom. The van der Waals surface area contributed by atoms with E-state index in [0.29, 0.717) is 16.3 Å². The molecule has 1 aliphatic carbocycles. The van der Waals surface area contributed by atoms with Crippen LogP contribution in [-0.4, -0.2) is 29.1 Å². The van der Waals surface area contributed by atoms with Crippen LogP contribution in [0.3, 0.4) is 0 Å². The van der Waals surface area contributed by atoms with Gasteiger partial charge in [0.15, 0.2) is 5.78 Å². The normalized spacial score (nSPS) is 25.2. The van der Waals surface area contributed by atoms with Gasteiger partial charge >= 0.3 is 10.1 Å². The summed E-state index contributed by atoms with van der Waals surface area (Å²) in [6.07, 6.45) is 1.59. The van der Waals surface area contributed by atoms with Crippen LogP contribution in [0.4, 0.5) is 0 Å². The molecule has 0 amide bonds. The highest BCUT2D eigenvalue weighted by Crippen LogP contribution is 2.43. The summed E-state index contributed by atoms with van der Waals surface area (Å²) in [6, 6.07) is 5.59. The Morgan fingerprint density at radius 1 is 1.19 bits per heavy atom. The van der Waals surface area contributed by atoms with Gasteiger partial charge in [-0.15, -0.1) is 0 Å². The predicted molar refractivity (Wildman–Crippen MR) is 114 cm³/mol. The maximum atomic E-state index is 13.0. The Morgan fingerprint density at radius 3 is 2.22 bits per heavy atom. The van der Waals surface area contributed by atoms with Crippen LogP contribution in [0.2, 0.25) is 5.02 Å². The molecule has 27 heavy (non-hydrogen) atoms. The van der Waals surface area contributed by atoms with E-state index >= 15 is 0 Å². The number of hydrogen-bond acceptors (Lipinski definition) is 5. The van der Waals surface area contributed by atoms with E-state index < -0.39 is 19.3 Å². The number of nitrogens with zero attached hydrogens (tertiary/aromatic N) is 1. The summed E-state index contributed by atoms with van der Waals surface area (Å²) < 4.78 is 28.7. The third-order valence-corrected chi connectivity index (χ3v) is 9.26. The molecule has 2 unspecified atom stereocenters. The molecule has 2 atom stereocenters. The van der Waals surface area contributed by atoms with Gasteiger partial charge in [-0.1, -0.05) is 76.3 Å². The Labute approximate surface area is 181 Å². The molecular weight excluding hydrogens is 522 g/mol. The predicted octanol–water partition coefficient (Wildman–Crippen LogP) is 5.12. The van der Waals surface area contributed by atoms with Crippen LogP contribution in [0, 0.1) is 11.8 Å². The van der Waals surface area contributed by atoms with E-state index in [1.165, 1.54) is 24.3 Å². The lowest BCUT2D eigenvalue weighted by Gasteiger charge is -2.39. The van der Waals surface area contributed by atoms with Crippen LogP contribution >= 0.6 is 43.5 Å². The molecule has 1 aromatic carbocycles. The van der Waals surface area contributed by atoms with Gasteiger partial charge < -0.3 is 0 Å². The number of rotatable bonds is 5. The van der Waals surface area contributed by atoms with Gasteiger partial charge in [0.2, 0.25) is 0 Å². The number of Topliss-reactive ketones (excluding diaryl/α,β-unsaturated/α-hetero) is 1. The zero-order chi connectivity index (χ0) is 20.6. The Hall–Kier alpha value is -0.700. The Balaban J connectivity index is 2.45. The molecule has 0 aromatic heterocycles. The quantitative estimate of drug-likeness (QED) is 0.383. The summed E-state index contributed by atoms with van der Waals surface area (Å²) in [5.74, 6) is -0.171. The van der Waals surface area contributed by atoms with Crippen molar-refractivity contribution in [2.45, 2.75) is 41.7 Å². The summed E-state index contributed by atoms with van der Waals surface area (Å²) in [6.45, 7) is 7.62. The fraction of sp³-hybridized carbons (Fsp3) is 0.444. The van der Waals surface area contributed by atoms with E-state index in [4.69, 9.17) is 15.9 Å². The van der Waals surface area contributed by atoms with Crippen LogP contribution in [-0.2, 0) is 19.2 Å². The van der Waals surface area contributed by atoms with Gasteiger partial charge in [0.1, 0.15) is 9.22 Å². The molecule has 0 aliphatic heterocycles. The van der Waals surface area contributed by atoms with E-state index in [-0.39, 0.29) is 22.5 Å². The van der Waals surface area contributed by atoms with Crippen LogP contribution in [0.5, 0.6) is 0 Å². The topological polar surface area (TPSA) is 72.8 Å². The highest BCUT2D eigenvalue weighted by atomic mass is 79.9. The van der Waals surface area contributed by atoms with E-state index in [0.717, 1.165) is 0 Å². The summed E-state index contributed by atoms with van der Waals surface area (Å²) >= 11 is 12.9. The zero-order valence-electron chi connectivity index (χ0n) is 15.2. The largest absolute Gasteiger partial charge is 0.358 e. The third-order valence-electron chi connectivity index (χ3n) is 4.35. The smallest absolute Gasteiger partial charge is 0.293 e. The fourth-order valence-electron chi connectivity index (χ4n) is 2.64. The average molecular weight is 542 g/mol. The first kappa shape index (κ1) is 22.6. The van der Waals surface area contributed by atoms with Gasteiger partial charge in [-0.3, -0.25) is 9.08 Å². The lowest BCUT2D eigenvalue weighted by Crippen LogP contribution is -2.52. The van der Waals surface area contributed by atoms with Crippen LogP contribution < -0.4 is 0 Å². The average Bonchev–Trinajstić information content (AvgIpc) is 2.59. The molecule has 0 heterocycles. The number of oxime groups is 1. The van der Waals surface area contributed by atoms with Crippen molar-refractivity contribution >= 4 is 65.1 Å². The summed E-state index contributed by atoms with van der Waals surface area (Å²) in [7, 11) is -4.11. The second kappa shape index (κ2) is 8.35. The SMILES string of the molecule is CC(C)C1=C/C(=N\OS(=O)(=O)c2ccc(Cl)cc2)C(Br)C(Br)(C(C)C)C1=O. The van der Waals surface area contributed by atoms with E-state index in [1.807, 2.05) is 27.7 Å². The highest BCUT2D eigenvalue weighted by molar-refractivity contribution is 9.13. The van der Waals surface area contributed by atoms with Crippen molar-refractivity contribution in [1.82, 2.24) is 0 Å².